The number of pyridine rings is 1. The van der Waals surface area contributed by atoms with Crippen LogP contribution in [0.25, 0.3) is 22.2 Å². The van der Waals surface area contributed by atoms with Crippen LogP contribution < -0.4 is 10.1 Å². The summed E-state index contributed by atoms with van der Waals surface area (Å²) in [6.07, 6.45) is 0. The molecule has 4 aromatic rings. The van der Waals surface area contributed by atoms with Crippen LogP contribution in [-0.2, 0) is 0 Å². The molecular weight excluding hydrogens is 463 g/mol. The topological polar surface area (TPSA) is 51.2 Å². The lowest BCUT2D eigenvalue weighted by Gasteiger charge is -2.12. The van der Waals surface area contributed by atoms with Crippen LogP contribution in [0.5, 0.6) is 5.75 Å². The fourth-order valence-electron chi connectivity index (χ4n) is 3.03. The van der Waals surface area contributed by atoms with Crippen molar-refractivity contribution in [1.82, 2.24) is 4.98 Å². The number of halogens is 1. The molecule has 0 spiro atoms. The molecule has 0 radical (unpaired) electrons. The maximum Gasteiger partial charge on any atom is 0.256 e. The van der Waals surface area contributed by atoms with Crippen molar-refractivity contribution in [2.24, 2.45) is 0 Å². The molecule has 4 rings (SSSR count). The van der Waals surface area contributed by atoms with Gasteiger partial charge in [-0.3, -0.25) is 4.79 Å². The molecule has 0 atom stereocenters. The van der Waals surface area contributed by atoms with Crippen LogP contribution in [0.3, 0.4) is 0 Å². The summed E-state index contributed by atoms with van der Waals surface area (Å²) >= 11 is 2.21. The molecule has 0 fully saturated rings. The van der Waals surface area contributed by atoms with E-state index in [2.05, 4.69) is 27.9 Å². The molecule has 0 aliphatic heterocycles. The summed E-state index contributed by atoms with van der Waals surface area (Å²) < 4.78 is 6.22. The minimum Gasteiger partial charge on any atom is -0.497 e. The van der Waals surface area contributed by atoms with Gasteiger partial charge in [-0.15, -0.1) is 0 Å². The number of rotatable bonds is 4. The number of ether oxygens (including phenoxy) is 1. The Labute approximate surface area is 176 Å². The van der Waals surface area contributed by atoms with E-state index in [0.717, 1.165) is 37.2 Å². The lowest BCUT2D eigenvalue weighted by Crippen LogP contribution is -2.14. The highest BCUT2D eigenvalue weighted by molar-refractivity contribution is 14.1. The second kappa shape index (κ2) is 7.98. The summed E-state index contributed by atoms with van der Waals surface area (Å²) in [5.74, 6) is 0.624. The second-order valence-electron chi connectivity index (χ2n) is 6.23. The van der Waals surface area contributed by atoms with Gasteiger partial charge in [-0.05, 0) is 71.1 Å². The van der Waals surface area contributed by atoms with Crippen molar-refractivity contribution in [3.63, 3.8) is 0 Å². The highest BCUT2D eigenvalue weighted by Gasteiger charge is 2.15. The molecule has 28 heavy (non-hydrogen) atoms. The van der Waals surface area contributed by atoms with Crippen molar-refractivity contribution >= 4 is 45.1 Å². The Balaban J connectivity index is 1.80. The number of fused-ring (bicyclic) bond motifs is 1. The van der Waals surface area contributed by atoms with E-state index in [9.17, 15) is 4.79 Å². The summed E-state index contributed by atoms with van der Waals surface area (Å²) in [6, 6.07) is 24.9. The third kappa shape index (κ3) is 3.71. The summed E-state index contributed by atoms with van der Waals surface area (Å²) in [7, 11) is 1.64. The minimum absolute atomic E-state index is 0.155. The summed E-state index contributed by atoms with van der Waals surface area (Å²) in [4.78, 5) is 17.8. The maximum atomic E-state index is 13.1. The van der Waals surface area contributed by atoms with E-state index >= 15 is 0 Å². The third-order valence-corrected chi connectivity index (χ3v) is 5.41. The molecule has 0 bridgehead atoms. The van der Waals surface area contributed by atoms with E-state index in [1.54, 1.807) is 7.11 Å². The standard InChI is InChI=1S/C23H17IN2O2/c1-28-16-12-10-15(11-13-16)22-14-18(17-6-2-4-8-20(17)25-22)23(27)26-21-9-5-3-7-19(21)24/h2-14H,1H3,(H,26,27). The molecular formula is C23H17IN2O2. The van der Waals surface area contributed by atoms with Crippen molar-refractivity contribution in [2.45, 2.75) is 0 Å². The number of hydrogen-bond acceptors (Lipinski definition) is 3. The first-order chi connectivity index (χ1) is 13.7. The molecule has 0 unspecified atom stereocenters. The van der Waals surface area contributed by atoms with Crippen molar-refractivity contribution in [3.8, 4) is 17.0 Å². The molecule has 0 aliphatic rings. The van der Waals surface area contributed by atoms with Gasteiger partial charge in [-0.25, -0.2) is 4.98 Å². The van der Waals surface area contributed by atoms with Gasteiger partial charge in [-0.1, -0.05) is 30.3 Å². The zero-order chi connectivity index (χ0) is 19.5. The van der Waals surface area contributed by atoms with Crippen LogP contribution in [0.2, 0.25) is 0 Å². The van der Waals surface area contributed by atoms with Crippen LogP contribution in [0.4, 0.5) is 5.69 Å². The van der Waals surface area contributed by atoms with Gasteiger partial charge in [0, 0.05) is 14.5 Å². The molecule has 3 aromatic carbocycles. The van der Waals surface area contributed by atoms with Gasteiger partial charge < -0.3 is 10.1 Å². The predicted molar refractivity (Wildman–Crippen MR) is 121 cm³/mol. The van der Waals surface area contributed by atoms with E-state index in [0.29, 0.717) is 5.56 Å². The largest absolute Gasteiger partial charge is 0.497 e. The summed E-state index contributed by atoms with van der Waals surface area (Å²) in [6.45, 7) is 0. The highest BCUT2D eigenvalue weighted by Crippen LogP contribution is 2.27. The average Bonchev–Trinajstić information content (AvgIpc) is 2.74. The number of anilines is 1. The normalized spacial score (nSPS) is 10.6. The average molecular weight is 480 g/mol. The number of carbonyl (C=O) groups excluding carboxylic acids is 1. The number of nitrogens with zero attached hydrogens (tertiary/aromatic N) is 1. The molecule has 0 saturated heterocycles. The second-order valence-corrected chi connectivity index (χ2v) is 7.40. The minimum atomic E-state index is -0.155. The fraction of sp³-hybridized carbons (Fsp3) is 0.0435. The highest BCUT2D eigenvalue weighted by atomic mass is 127. The smallest absolute Gasteiger partial charge is 0.256 e. The molecule has 1 heterocycles. The molecule has 1 aromatic heterocycles. The number of methoxy groups -OCH3 is 1. The van der Waals surface area contributed by atoms with Crippen LogP contribution in [0.1, 0.15) is 10.4 Å². The first-order valence-electron chi connectivity index (χ1n) is 8.76. The quantitative estimate of drug-likeness (QED) is 0.378. The number of nitrogens with one attached hydrogen (secondary N) is 1. The Kier molecular flexibility index (Phi) is 5.25. The van der Waals surface area contributed by atoms with E-state index in [-0.39, 0.29) is 5.91 Å². The van der Waals surface area contributed by atoms with E-state index < -0.39 is 0 Å². The number of carbonyl (C=O) groups is 1. The van der Waals surface area contributed by atoms with Gasteiger partial charge in [-0.2, -0.15) is 0 Å². The summed E-state index contributed by atoms with van der Waals surface area (Å²) in [5, 5.41) is 3.84. The third-order valence-electron chi connectivity index (χ3n) is 4.47. The zero-order valence-electron chi connectivity index (χ0n) is 15.1. The van der Waals surface area contributed by atoms with Gasteiger partial charge >= 0.3 is 0 Å². The Morgan fingerprint density at radius 1 is 0.964 bits per heavy atom. The molecule has 1 N–H and O–H groups in total. The fourth-order valence-corrected chi connectivity index (χ4v) is 3.55. The van der Waals surface area contributed by atoms with Gasteiger partial charge in [0.25, 0.3) is 5.91 Å². The Bertz CT molecular complexity index is 1160. The van der Waals surface area contributed by atoms with E-state index in [1.807, 2.05) is 78.9 Å². The first-order valence-corrected chi connectivity index (χ1v) is 9.83. The number of aromatic nitrogens is 1. The predicted octanol–water partition coefficient (Wildman–Crippen LogP) is 5.77. The first kappa shape index (κ1) is 18.4. The van der Waals surface area contributed by atoms with Gasteiger partial charge in [0.1, 0.15) is 5.75 Å². The van der Waals surface area contributed by atoms with Gasteiger partial charge in [0.05, 0.1) is 29.6 Å². The lowest BCUT2D eigenvalue weighted by atomic mass is 10.0. The lowest BCUT2D eigenvalue weighted by molar-refractivity contribution is 0.102. The Morgan fingerprint density at radius 3 is 2.43 bits per heavy atom. The Hall–Kier alpha value is -2.93. The molecule has 138 valence electrons. The number of hydrogen-bond donors (Lipinski definition) is 1. The van der Waals surface area contributed by atoms with Crippen molar-refractivity contribution in [3.05, 3.63) is 88.0 Å². The van der Waals surface area contributed by atoms with Crippen LogP contribution in [0.15, 0.2) is 78.9 Å². The van der Waals surface area contributed by atoms with Gasteiger partial charge in [0.2, 0.25) is 0 Å². The zero-order valence-corrected chi connectivity index (χ0v) is 17.3. The molecule has 0 aliphatic carbocycles. The van der Waals surface area contributed by atoms with E-state index in [1.165, 1.54) is 0 Å². The number of amides is 1. The van der Waals surface area contributed by atoms with Crippen LogP contribution in [-0.4, -0.2) is 18.0 Å². The summed E-state index contributed by atoms with van der Waals surface area (Å²) in [5.41, 5.74) is 3.84. The van der Waals surface area contributed by atoms with Crippen molar-refractivity contribution in [2.75, 3.05) is 12.4 Å². The van der Waals surface area contributed by atoms with Crippen molar-refractivity contribution in [1.29, 1.82) is 0 Å². The molecule has 1 amide bonds. The molecule has 5 heteroatoms. The number of para-hydroxylation sites is 2. The van der Waals surface area contributed by atoms with Crippen molar-refractivity contribution < 1.29 is 9.53 Å². The van der Waals surface area contributed by atoms with Crippen LogP contribution in [0, 0.1) is 3.57 Å². The Morgan fingerprint density at radius 2 is 1.68 bits per heavy atom. The van der Waals surface area contributed by atoms with E-state index in [4.69, 9.17) is 9.72 Å². The molecule has 4 nitrogen and oxygen atoms in total. The van der Waals surface area contributed by atoms with Gasteiger partial charge in [0.15, 0.2) is 0 Å². The molecule has 0 saturated carbocycles. The number of benzene rings is 3. The monoisotopic (exact) mass is 480 g/mol. The SMILES string of the molecule is COc1ccc(-c2cc(C(=O)Nc3ccccc3I)c3ccccc3n2)cc1. The van der Waals surface area contributed by atoms with Crippen LogP contribution >= 0.6 is 22.6 Å². The maximum absolute atomic E-state index is 13.1.